The van der Waals surface area contributed by atoms with E-state index in [-0.39, 0.29) is 0 Å². The van der Waals surface area contributed by atoms with Crippen LogP contribution in [0.2, 0.25) is 0 Å². The van der Waals surface area contributed by atoms with Crippen LogP contribution in [0.5, 0.6) is 0 Å². The maximum Gasteiger partial charge on any atom is 0.320 e. The summed E-state index contributed by atoms with van der Waals surface area (Å²) in [5.41, 5.74) is 1.14. The number of fused-ring (bicyclic) bond motifs is 1. The maximum absolute atomic E-state index is 12.3. The highest BCUT2D eigenvalue weighted by molar-refractivity contribution is 7.91. The highest BCUT2D eigenvalue weighted by atomic mass is 35.7. The largest absolute Gasteiger partial charge is 0.320 e. The minimum atomic E-state index is -3.24. The van der Waals surface area contributed by atoms with Gasteiger partial charge in [0.2, 0.25) is 0 Å². The van der Waals surface area contributed by atoms with Crippen LogP contribution in [0.1, 0.15) is 12.5 Å². The first kappa shape index (κ1) is 12.6. The van der Waals surface area contributed by atoms with Gasteiger partial charge in [-0.15, -0.1) is 0 Å². The Morgan fingerprint density at radius 1 is 1.18 bits per heavy atom. The molecule has 0 spiro atoms. The van der Waals surface area contributed by atoms with E-state index in [4.69, 9.17) is 15.8 Å². The second kappa shape index (κ2) is 4.81. The van der Waals surface area contributed by atoms with Crippen LogP contribution in [0, 0.1) is 6.92 Å². The topological polar surface area (TPSA) is 26.3 Å². The smallest absolute Gasteiger partial charge is 0.315 e. The van der Waals surface area contributed by atoms with Crippen molar-refractivity contribution in [1.29, 1.82) is 0 Å². The first-order valence-corrected chi connectivity index (χ1v) is 8.02. The van der Waals surface area contributed by atoms with Crippen LogP contribution in [-0.4, -0.2) is 6.61 Å². The second-order valence-corrected chi connectivity index (χ2v) is 6.88. The molecule has 2 aromatic rings. The van der Waals surface area contributed by atoms with E-state index < -0.39 is 6.72 Å². The number of rotatable bonds is 3. The normalized spacial score (nSPS) is 14.8. The Morgan fingerprint density at radius 2 is 1.82 bits per heavy atom. The Hall–Kier alpha value is -0.820. The summed E-state index contributed by atoms with van der Waals surface area (Å²) in [6, 6.07) is 11.5. The summed E-state index contributed by atoms with van der Waals surface area (Å²) in [6.45, 7) is 0.901. The first-order valence-electron chi connectivity index (χ1n) is 5.49. The standard InChI is InChI=1S/C13H14ClO2P/c1-3-16-17(14,15)13-9-8-10(2)11-6-4-5-7-12(11)13/h4-9H,3H2,1-2H3. The van der Waals surface area contributed by atoms with Crippen LogP contribution in [0.3, 0.4) is 0 Å². The minimum absolute atomic E-state index is 0.336. The van der Waals surface area contributed by atoms with Crippen LogP contribution in [-0.2, 0) is 9.09 Å². The predicted molar refractivity (Wildman–Crippen MR) is 73.4 cm³/mol. The molecule has 0 N–H and O–H groups in total. The van der Waals surface area contributed by atoms with Crippen molar-refractivity contribution in [2.45, 2.75) is 13.8 Å². The Kier molecular flexibility index (Phi) is 3.58. The molecule has 17 heavy (non-hydrogen) atoms. The van der Waals surface area contributed by atoms with Crippen molar-refractivity contribution in [2.24, 2.45) is 0 Å². The molecule has 0 heterocycles. The highest BCUT2D eigenvalue weighted by Gasteiger charge is 2.24. The van der Waals surface area contributed by atoms with E-state index >= 15 is 0 Å². The van der Waals surface area contributed by atoms with Crippen molar-refractivity contribution in [2.75, 3.05) is 6.61 Å². The third kappa shape index (κ3) is 2.40. The molecule has 0 saturated heterocycles. The monoisotopic (exact) mass is 268 g/mol. The fourth-order valence-corrected chi connectivity index (χ4v) is 3.84. The number of benzene rings is 2. The van der Waals surface area contributed by atoms with Crippen molar-refractivity contribution >= 4 is 34.0 Å². The Balaban J connectivity index is 2.71. The average molecular weight is 269 g/mol. The molecule has 2 aromatic carbocycles. The van der Waals surface area contributed by atoms with Crippen molar-refractivity contribution in [3.05, 3.63) is 42.0 Å². The molecule has 0 aliphatic carbocycles. The summed E-state index contributed by atoms with van der Waals surface area (Å²) in [5, 5.41) is 2.55. The van der Waals surface area contributed by atoms with E-state index in [0.717, 1.165) is 16.3 Å². The number of aryl methyl sites for hydroxylation is 1. The molecule has 2 rings (SSSR count). The molecule has 4 heteroatoms. The quantitative estimate of drug-likeness (QED) is 0.778. The summed E-state index contributed by atoms with van der Waals surface area (Å²) in [7, 11) is 0. The SMILES string of the molecule is CCOP(=O)(Cl)c1ccc(C)c2ccccc12. The molecule has 0 aliphatic rings. The molecule has 0 aromatic heterocycles. The van der Waals surface area contributed by atoms with Crippen LogP contribution in [0.15, 0.2) is 36.4 Å². The summed E-state index contributed by atoms with van der Waals surface area (Å²) >= 11 is 6.03. The van der Waals surface area contributed by atoms with Crippen molar-refractivity contribution in [3.8, 4) is 0 Å². The number of hydrogen-bond donors (Lipinski definition) is 0. The minimum Gasteiger partial charge on any atom is -0.315 e. The van der Waals surface area contributed by atoms with E-state index in [1.54, 1.807) is 13.0 Å². The summed E-state index contributed by atoms with van der Waals surface area (Å²) < 4.78 is 17.5. The Labute approximate surface area is 106 Å². The van der Waals surface area contributed by atoms with Gasteiger partial charge in [-0.2, -0.15) is 0 Å². The zero-order valence-electron chi connectivity index (χ0n) is 9.81. The molecule has 1 atom stereocenters. The highest BCUT2D eigenvalue weighted by Crippen LogP contribution is 2.52. The molecule has 0 radical (unpaired) electrons. The number of halogens is 1. The van der Waals surface area contributed by atoms with Gasteiger partial charge in [-0.05, 0) is 47.5 Å². The second-order valence-electron chi connectivity index (χ2n) is 3.84. The van der Waals surface area contributed by atoms with Crippen molar-refractivity contribution in [3.63, 3.8) is 0 Å². The molecule has 0 amide bonds. The lowest BCUT2D eigenvalue weighted by atomic mass is 10.1. The lowest BCUT2D eigenvalue weighted by molar-refractivity contribution is 0.352. The van der Waals surface area contributed by atoms with Gasteiger partial charge in [0.15, 0.2) is 0 Å². The average Bonchev–Trinajstić information content (AvgIpc) is 2.29. The van der Waals surface area contributed by atoms with Crippen LogP contribution in [0.25, 0.3) is 10.8 Å². The summed E-state index contributed by atoms with van der Waals surface area (Å²) in [6.07, 6.45) is 0. The van der Waals surface area contributed by atoms with E-state index in [1.165, 1.54) is 0 Å². The zero-order chi connectivity index (χ0) is 12.5. The third-order valence-electron chi connectivity index (χ3n) is 2.70. The van der Waals surface area contributed by atoms with Gasteiger partial charge in [-0.25, -0.2) is 0 Å². The molecule has 0 bridgehead atoms. The van der Waals surface area contributed by atoms with Gasteiger partial charge in [0.05, 0.1) is 11.9 Å². The molecule has 2 nitrogen and oxygen atoms in total. The number of hydrogen-bond acceptors (Lipinski definition) is 2. The van der Waals surface area contributed by atoms with E-state index in [1.807, 2.05) is 37.3 Å². The van der Waals surface area contributed by atoms with Gasteiger partial charge in [0, 0.05) is 0 Å². The maximum atomic E-state index is 12.3. The van der Waals surface area contributed by atoms with Crippen LogP contribution < -0.4 is 5.30 Å². The summed E-state index contributed by atoms with van der Waals surface area (Å²) in [4.78, 5) is 0. The molecular formula is C13H14ClO2P. The third-order valence-corrected chi connectivity index (χ3v) is 5.10. The van der Waals surface area contributed by atoms with Crippen LogP contribution >= 0.6 is 18.0 Å². The molecule has 1 unspecified atom stereocenters. The predicted octanol–water partition coefficient (Wildman–Crippen LogP) is 4.24. The van der Waals surface area contributed by atoms with Gasteiger partial charge in [0.1, 0.15) is 0 Å². The lowest BCUT2D eigenvalue weighted by Gasteiger charge is -2.14. The van der Waals surface area contributed by atoms with Gasteiger partial charge >= 0.3 is 6.72 Å². The van der Waals surface area contributed by atoms with Crippen molar-refractivity contribution in [1.82, 2.24) is 0 Å². The zero-order valence-corrected chi connectivity index (χ0v) is 11.5. The van der Waals surface area contributed by atoms with E-state index in [0.29, 0.717) is 11.9 Å². The van der Waals surface area contributed by atoms with Gasteiger partial charge in [0.25, 0.3) is 0 Å². The van der Waals surface area contributed by atoms with Gasteiger partial charge in [-0.3, -0.25) is 4.57 Å². The van der Waals surface area contributed by atoms with Crippen LogP contribution in [0.4, 0.5) is 0 Å². The molecule has 0 saturated carbocycles. The molecule has 0 fully saturated rings. The Bertz CT molecular complexity index is 595. The fourth-order valence-electron chi connectivity index (χ4n) is 1.90. The lowest BCUT2D eigenvalue weighted by Crippen LogP contribution is -2.05. The summed E-state index contributed by atoms with van der Waals surface area (Å²) in [5.74, 6) is 0. The van der Waals surface area contributed by atoms with Gasteiger partial charge < -0.3 is 4.52 Å². The fraction of sp³-hybridized carbons (Fsp3) is 0.231. The van der Waals surface area contributed by atoms with E-state index in [9.17, 15) is 4.57 Å². The van der Waals surface area contributed by atoms with Crippen molar-refractivity contribution < 1.29 is 9.09 Å². The van der Waals surface area contributed by atoms with Gasteiger partial charge in [-0.1, -0.05) is 30.3 Å². The first-order chi connectivity index (χ1) is 8.06. The van der Waals surface area contributed by atoms with E-state index in [2.05, 4.69) is 0 Å². The molecular weight excluding hydrogens is 255 g/mol. The Morgan fingerprint density at radius 3 is 2.47 bits per heavy atom. The molecule has 90 valence electrons. The molecule has 0 aliphatic heterocycles.